The van der Waals surface area contributed by atoms with Crippen LogP contribution in [0.15, 0.2) is 60.7 Å². The second-order valence-electron chi connectivity index (χ2n) is 5.78. The van der Waals surface area contributed by atoms with Crippen LogP contribution in [0.2, 0.25) is 0 Å². The molecule has 0 saturated heterocycles. The minimum atomic E-state index is 0.608. The van der Waals surface area contributed by atoms with Crippen LogP contribution < -0.4 is 0 Å². The van der Waals surface area contributed by atoms with E-state index >= 15 is 0 Å². The Morgan fingerprint density at radius 2 is 1.00 bits per heavy atom. The number of hydrogen-bond acceptors (Lipinski definition) is 2. The molecule has 0 saturated carbocycles. The van der Waals surface area contributed by atoms with Crippen molar-refractivity contribution in [2.75, 3.05) is 26.4 Å². The van der Waals surface area contributed by atoms with Crippen molar-refractivity contribution in [3.63, 3.8) is 0 Å². The SMILES string of the molecule is Cc1ccc(/C=C/COCCOC/C=C/c2ccc(C)cc2)cc1. The Hall–Kier alpha value is -2.16. The Kier molecular flexibility index (Phi) is 8.02. The molecule has 0 spiro atoms. The highest BCUT2D eigenvalue weighted by molar-refractivity contribution is 5.50. The van der Waals surface area contributed by atoms with Gasteiger partial charge in [0, 0.05) is 0 Å². The van der Waals surface area contributed by atoms with Gasteiger partial charge >= 0.3 is 0 Å². The molecule has 0 radical (unpaired) electrons. The monoisotopic (exact) mass is 322 g/mol. The van der Waals surface area contributed by atoms with Crippen LogP contribution in [-0.2, 0) is 9.47 Å². The van der Waals surface area contributed by atoms with E-state index in [2.05, 4.69) is 74.5 Å². The molecule has 0 aliphatic rings. The average Bonchev–Trinajstić information content (AvgIpc) is 2.60. The lowest BCUT2D eigenvalue weighted by molar-refractivity contribution is 0.0712. The quantitative estimate of drug-likeness (QED) is 0.601. The first-order valence-corrected chi connectivity index (χ1v) is 8.36. The van der Waals surface area contributed by atoms with Gasteiger partial charge in [0.25, 0.3) is 0 Å². The molecular formula is C22H26O2. The van der Waals surface area contributed by atoms with Crippen LogP contribution >= 0.6 is 0 Å². The van der Waals surface area contributed by atoms with Crippen molar-refractivity contribution in [3.8, 4) is 0 Å². The molecule has 0 heterocycles. The van der Waals surface area contributed by atoms with E-state index < -0.39 is 0 Å². The van der Waals surface area contributed by atoms with Crippen molar-refractivity contribution in [2.24, 2.45) is 0 Å². The molecule has 0 unspecified atom stereocenters. The summed E-state index contributed by atoms with van der Waals surface area (Å²) in [6, 6.07) is 16.9. The number of rotatable bonds is 9. The second-order valence-corrected chi connectivity index (χ2v) is 5.78. The maximum atomic E-state index is 5.52. The topological polar surface area (TPSA) is 18.5 Å². The molecule has 2 aromatic rings. The van der Waals surface area contributed by atoms with Crippen molar-refractivity contribution in [1.82, 2.24) is 0 Å². The summed E-state index contributed by atoms with van der Waals surface area (Å²) in [6.45, 7) is 6.61. The number of hydrogen-bond donors (Lipinski definition) is 0. The van der Waals surface area contributed by atoms with E-state index in [1.54, 1.807) is 0 Å². The lowest BCUT2D eigenvalue weighted by atomic mass is 10.1. The highest BCUT2D eigenvalue weighted by Crippen LogP contribution is 2.05. The summed E-state index contributed by atoms with van der Waals surface area (Å²) in [6.07, 6.45) is 8.21. The molecular weight excluding hydrogens is 296 g/mol. The standard InChI is InChI=1S/C22H26O2/c1-19-7-11-21(12-8-19)5-3-15-23-17-18-24-16-4-6-22-13-9-20(2)10-14-22/h3-14H,15-18H2,1-2H3/b5-3+,6-4+. The summed E-state index contributed by atoms with van der Waals surface area (Å²) < 4.78 is 11.0. The first kappa shape index (κ1) is 18.2. The van der Waals surface area contributed by atoms with E-state index in [0.717, 1.165) is 0 Å². The van der Waals surface area contributed by atoms with Gasteiger partial charge in [0.2, 0.25) is 0 Å². The molecule has 0 atom stereocenters. The molecule has 126 valence electrons. The van der Waals surface area contributed by atoms with Crippen LogP contribution in [0.5, 0.6) is 0 Å². The average molecular weight is 322 g/mol. The Bertz CT molecular complexity index is 577. The van der Waals surface area contributed by atoms with Crippen LogP contribution in [-0.4, -0.2) is 26.4 Å². The highest BCUT2D eigenvalue weighted by Gasteiger charge is 1.89. The van der Waals surface area contributed by atoms with Gasteiger partial charge in [-0.3, -0.25) is 0 Å². The fraction of sp³-hybridized carbons (Fsp3) is 0.273. The third-order valence-corrected chi connectivity index (χ3v) is 3.58. The van der Waals surface area contributed by atoms with E-state index in [1.807, 2.05) is 12.2 Å². The molecule has 0 aliphatic heterocycles. The molecule has 0 fully saturated rings. The second kappa shape index (κ2) is 10.6. The third kappa shape index (κ3) is 7.40. The molecule has 2 heteroatoms. The molecule has 0 amide bonds. The summed E-state index contributed by atoms with van der Waals surface area (Å²) >= 11 is 0. The predicted molar refractivity (Wildman–Crippen MR) is 102 cm³/mol. The molecule has 2 rings (SSSR count). The molecule has 0 aromatic heterocycles. The van der Waals surface area contributed by atoms with E-state index in [9.17, 15) is 0 Å². The zero-order valence-corrected chi connectivity index (χ0v) is 14.6. The van der Waals surface area contributed by atoms with E-state index in [4.69, 9.17) is 9.47 Å². The minimum absolute atomic E-state index is 0.608. The fourth-order valence-electron chi connectivity index (χ4n) is 2.14. The summed E-state index contributed by atoms with van der Waals surface area (Å²) in [4.78, 5) is 0. The fourth-order valence-corrected chi connectivity index (χ4v) is 2.14. The van der Waals surface area contributed by atoms with Gasteiger partial charge in [0.1, 0.15) is 0 Å². The van der Waals surface area contributed by atoms with E-state index in [0.29, 0.717) is 26.4 Å². The van der Waals surface area contributed by atoms with Crippen molar-refractivity contribution < 1.29 is 9.47 Å². The van der Waals surface area contributed by atoms with Crippen LogP contribution in [0.25, 0.3) is 12.2 Å². The van der Waals surface area contributed by atoms with Gasteiger partial charge in [-0.2, -0.15) is 0 Å². The summed E-state index contributed by atoms with van der Waals surface area (Å²) in [5, 5.41) is 0. The number of ether oxygens (including phenoxy) is 2. The first-order chi connectivity index (χ1) is 11.7. The van der Waals surface area contributed by atoms with Crippen molar-refractivity contribution in [3.05, 3.63) is 82.9 Å². The summed E-state index contributed by atoms with van der Waals surface area (Å²) in [5.41, 5.74) is 4.94. The van der Waals surface area contributed by atoms with Gasteiger partial charge < -0.3 is 9.47 Å². The maximum absolute atomic E-state index is 5.52. The number of aryl methyl sites for hydroxylation is 2. The minimum Gasteiger partial charge on any atom is -0.375 e. The van der Waals surface area contributed by atoms with Gasteiger partial charge in [0.15, 0.2) is 0 Å². The Morgan fingerprint density at radius 3 is 1.38 bits per heavy atom. The Balaban J connectivity index is 1.51. The molecule has 2 nitrogen and oxygen atoms in total. The Morgan fingerprint density at radius 1 is 0.625 bits per heavy atom. The zero-order chi connectivity index (χ0) is 17.0. The predicted octanol–water partition coefficient (Wildman–Crippen LogP) is 5.06. The van der Waals surface area contributed by atoms with Crippen molar-refractivity contribution >= 4 is 12.2 Å². The highest BCUT2D eigenvalue weighted by atomic mass is 16.5. The summed E-state index contributed by atoms with van der Waals surface area (Å²) in [5.74, 6) is 0. The smallest absolute Gasteiger partial charge is 0.0704 e. The molecule has 24 heavy (non-hydrogen) atoms. The van der Waals surface area contributed by atoms with Crippen LogP contribution in [0.4, 0.5) is 0 Å². The van der Waals surface area contributed by atoms with Gasteiger partial charge in [-0.15, -0.1) is 0 Å². The summed E-state index contributed by atoms with van der Waals surface area (Å²) in [7, 11) is 0. The van der Waals surface area contributed by atoms with Crippen LogP contribution in [0, 0.1) is 13.8 Å². The maximum Gasteiger partial charge on any atom is 0.0704 e. The zero-order valence-electron chi connectivity index (χ0n) is 14.6. The van der Waals surface area contributed by atoms with E-state index in [-0.39, 0.29) is 0 Å². The van der Waals surface area contributed by atoms with Crippen molar-refractivity contribution in [1.29, 1.82) is 0 Å². The number of benzene rings is 2. The van der Waals surface area contributed by atoms with Gasteiger partial charge in [-0.05, 0) is 25.0 Å². The normalized spacial score (nSPS) is 11.6. The molecule has 0 N–H and O–H groups in total. The van der Waals surface area contributed by atoms with E-state index in [1.165, 1.54) is 22.3 Å². The first-order valence-electron chi connectivity index (χ1n) is 8.36. The largest absolute Gasteiger partial charge is 0.375 e. The third-order valence-electron chi connectivity index (χ3n) is 3.58. The van der Waals surface area contributed by atoms with Crippen LogP contribution in [0.3, 0.4) is 0 Å². The van der Waals surface area contributed by atoms with Gasteiger partial charge in [-0.25, -0.2) is 0 Å². The molecule has 0 aliphatic carbocycles. The van der Waals surface area contributed by atoms with Crippen LogP contribution in [0.1, 0.15) is 22.3 Å². The molecule has 2 aromatic carbocycles. The molecule has 0 bridgehead atoms. The van der Waals surface area contributed by atoms with Crippen molar-refractivity contribution in [2.45, 2.75) is 13.8 Å². The van der Waals surface area contributed by atoms with Gasteiger partial charge in [0.05, 0.1) is 26.4 Å². The lowest BCUT2D eigenvalue weighted by Crippen LogP contribution is -2.04. The Labute approximate surface area is 145 Å². The van der Waals surface area contributed by atoms with Gasteiger partial charge in [-0.1, -0.05) is 84.0 Å². The lowest BCUT2D eigenvalue weighted by Gasteiger charge is -2.02.